The van der Waals surface area contributed by atoms with Crippen molar-refractivity contribution in [2.45, 2.75) is 46.1 Å². The summed E-state index contributed by atoms with van der Waals surface area (Å²) in [7, 11) is 1.70. The highest BCUT2D eigenvalue weighted by Crippen LogP contribution is 2.28. The van der Waals surface area contributed by atoms with Gasteiger partial charge in [-0.2, -0.15) is 0 Å². The Morgan fingerprint density at radius 1 is 1.29 bits per heavy atom. The molecule has 1 N–H and O–H groups in total. The monoisotopic (exact) mass is 386 g/mol. The number of hydrogen-bond donors (Lipinski definition) is 1. The molecular weight excluding hydrogens is 356 g/mol. The normalized spacial score (nSPS) is 17.2. The lowest BCUT2D eigenvalue weighted by atomic mass is 9.93. The number of rotatable bonds is 7. The Labute approximate surface area is 166 Å². The summed E-state index contributed by atoms with van der Waals surface area (Å²) in [6.45, 7) is 7.03. The van der Waals surface area contributed by atoms with Gasteiger partial charge >= 0.3 is 5.97 Å². The molecule has 2 aromatic rings. The highest BCUT2D eigenvalue weighted by atomic mass is 16.5. The average Bonchev–Trinajstić information content (AvgIpc) is 2.94. The van der Waals surface area contributed by atoms with Crippen molar-refractivity contribution in [3.8, 4) is 0 Å². The predicted molar refractivity (Wildman–Crippen MR) is 109 cm³/mol. The molecule has 1 atom stereocenters. The molecule has 1 unspecified atom stereocenters. The number of hydrogen-bond acceptors (Lipinski definition) is 3. The smallest absolute Gasteiger partial charge is 0.303 e. The molecule has 0 bridgehead atoms. The molecule has 1 aliphatic heterocycles. The fraction of sp³-hybridized carbons (Fsp3) is 0.545. The van der Waals surface area contributed by atoms with Gasteiger partial charge in [0.1, 0.15) is 0 Å². The van der Waals surface area contributed by atoms with Gasteiger partial charge in [-0.3, -0.25) is 9.59 Å². The van der Waals surface area contributed by atoms with Crippen LogP contribution in [-0.4, -0.2) is 53.3 Å². The number of benzene rings is 1. The summed E-state index contributed by atoms with van der Waals surface area (Å²) in [4.78, 5) is 25.8. The van der Waals surface area contributed by atoms with Crippen molar-refractivity contribution < 1.29 is 19.4 Å². The highest BCUT2D eigenvalue weighted by molar-refractivity contribution is 5.99. The molecule has 152 valence electrons. The van der Waals surface area contributed by atoms with E-state index in [1.807, 2.05) is 23.1 Å². The molecule has 1 amide bonds. The molecule has 1 aromatic carbocycles. The van der Waals surface area contributed by atoms with Gasteiger partial charge in [-0.05, 0) is 62.8 Å². The lowest BCUT2D eigenvalue weighted by molar-refractivity contribution is -0.137. The Kier molecular flexibility index (Phi) is 6.39. The van der Waals surface area contributed by atoms with E-state index >= 15 is 0 Å². The lowest BCUT2D eigenvalue weighted by Crippen LogP contribution is -2.40. The Hall–Kier alpha value is -2.34. The summed E-state index contributed by atoms with van der Waals surface area (Å²) in [6, 6.07) is 5.95. The maximum absolute atomic E-state index is 13.1. The average molecular weight is 386 g/mol. The van der Waals surface area contributed by atoms with Crippen molar-refractivity contribution in [2.24, 2.45) is 5.92 Å². The Balaban J connectivity index is 1.80. The summed E-state index contributed by atoms with van der Waals surface area (Å²) in [5.41, 5.74) is 4.22. The van der Waals surface area contributed by atoms with Crippen LogP contribution in [0.2, 0.25) is 0 Å². The van der Waals surface area contributed by atoms with Crippen LogP contribution in [0, 0.1) is 19.8 Å². The molecule has 1 saturated heterocycles. The van der Waals surface area contributed by atoms with E-state index in [1.165, 1.54) is 11.3 Å². The van der Waals surface area contributed by atoms with E-state index in [0.717, 1.165) is 36.8 Å². The Morgan fingerprint density at radius 2 is 2.07 bits per heavy atom. The molecule has 6 nitrogen and oxygen atoms in total. The minimum absolute atomic E-state index is 0.0450. The van der Waals surface area contributed by atoms with Crippen LogP contribution < -0.4 is 0 Å². The van der Waals surface area contributed by atoms with Gasteiger partial charge in [0, 0.05) is 55.3 Å². The first-order valence-electron chi connectivity index (χ1n) is 10.0. The first-order valence-corrected chi connectivity index (χ1v) is 10.0. The zero-order valence-corrected chi connectivity index (χ0v) is 17.0. The highest BCUT2D eigenvalue weighted by Gasteiger charge is 2.25. The van der Waals surface area contributed by atoms with Gasteiger partial charge in [-0.15, -0.1) is 0 Å². The molecule has 1 fully saturated rings. The zero-order chi connectivity index (χ0) is 20.3. The van der Waals surface area contributed by atoms with Crippen molar-refractivity contribution in [1.29, 1.82) is 0 Å². The van der Waals surface area contributed by atoms with Crippen molar-refractivity contribution >= 4 is 22.8 Å². The Bertz CT molecular complexity index is 871. The second-order valence-corrected chi connectivity index (χ2v) is 7.78. The van der Waals surface area contributed by atoms with Crippen LogP contribution in [0.1, 0.15) is 47.3 Å². The van der Waals surface area contributed by atoms with Crippen LogP contribution in [0.5, 0.6) is 0 Å². The maximum atomic E-state index is 13.1. The van der Waals surface area contributed by atoms with E-state index < -0.39 is 5.97 Å². The molecule has 0 aliphatic carbocycles. The molecule has 0 spiro atoms. The van der Waals surface area contributed by atoms with Crippen LogP contribution >= 0.6 is 0 Å². The number of amides is 1. The van der Waals surface area contributed by atoms with Crippen molar-refractivity contribution in [3.63, 3.8) is 0 Å². The third-order valence-corrected chi connectivity index (χ3v) is 5.98. The van der Waals surface area contributed by atoms with Crippen LogP contribution in [0.25, 0.3) is 10.9 Å². The number of carbonyl (C=O) groups excluding carboxylic acids is 1. The van der Waals surface area contributed by atoms with Crippen molar-refractivity contribution in [2.75, 3.05) is 26.8 Å². The molecule has 1 aromatic heterocycles. The number of aryl methyl sites for hydroxylation is 1. The molecule has 3 rings (SSSR count). The quantitative estimate of drug-likeness (QED) is 0.789. The van der Waals surface area contributed by atoms with Crippen LogP contribution in [0.4, 0.5) is 0 Å². The topological polar surface area (TPSA) is 71.8 Å². The fourth-order valence-electron chi connectivity index (χ4n) is 4.25. The number of likely N-dealkylation sites (tertiary alicyclic amines) is 1. The lowest BCUT2D eigenvalue weighted by Gasteiger charge is -2.32. The van der Waals surface area contributed by atoms with E-state index in [-0.39, 0.29) is 18.2 Å². The van der Waals surface area contributed by atoms with Gasteiger partial charge in [0.2, 0.25) is 0 Å². The van der Waals surface area contributed by atoms with Gasteiger partial charge in [-0.1, -0.05) is 0 Å². The third kappa shape index (κ3) is 4.22. The molecule has 0 radical (unpaired) electrons. The van der Waals surface area contributed by atoms with Crippen molar-refractivity contribution in [1.82, 2.24) is 9.47 Å². The summed E-state index contributed by atoms with van der Waals surface area (Å²) in [5.74, 6) is -0.446. The fourth-order valence-corrected chi connectivity index (χ4v) is 4.25. The van der Waals surface area contributed by atoms with E-state index in [9.17, 15) is 9.59 Å². The maximum Gasteiger partial charge on any atom is 0.303 e. The first-order chi connectivity index (χ1) is 13.4. The summed E-state index contributed by atoms with van der Waals surface area (Å²) < 4.78 is 7.47. The number of nitrogens with zero attached hydrogens (tertiary/aromatic N) is 2. The summed E-state index contributed by atoms with van der Waals surface area (Å²) in [5, 5.41) is 10.0. The van der Waals surface area contributed by atoms with E-state index in [1.54, 1.807) is 7.11 Å². The number of carboxylic acids is 1. The number of aliphatic carboxylic acids is 1. The van der Waals surface area contributed by atoms with E-state index in [0.29, 0.717) is 25.1 Å². The summed E-state index contributed by atoms with van der Waals surface area (Å²) in [6.07, 6.45) is 2.74. The SMILES string of the molecule is COCCn1c(C)c(C)c2cc(C(=O)N3CCCC(CCC(=O)O)C3)ccc21. The van der Waals surface area contributed by atoms with E-state index in [2.05, 4.69) is 18.4 Å². The third-order valence-electron chi connectivity index (χ3n) is 5.98. The first kappa shape index (κ1) is 20.4. The zero-order valence-electron chi connectivity index (χ0n) is 17.0. The second-order valence-electron chi connectivity index (χ2n) is 7.78. The van der Waals surface area contributed by atoms with Gasteiger partial charge in [0.05, 0.1) is 6.61 Å². The largest absolute Gasteiger partial charge is 0.481 e. The molecule has 0 saturated carbocycles. The number of fused-ring (bicyclic) bond motifs is 1. The Morgan fingerprint density at radius 3 is 2.79 bits per heavy atom. The minimum atomic E-state index is -0.766. The number of piperidine rings is 1. The minimum Gasteiger partial charge on any atom is -0.481 e. The van der Waals surface area contributed by atoms with Gasteiger partial charge < -0.3 is 19.3 Å². The molecule has 2 heterocycles. The number of ether oxygens (including phenoxy) is 1. The standard InChI is InChI=1S/C22H30N2O4/c1-15-16(2)24(11-12-28-3)20-8-7-18(13-19(15)20)22(27)23-10-4-5-17(14-23)6-9-21(25)26/h7-8,13,17H,4-6,9-12,14H2,1-3H3,(H,25,26). The predicted octanol–water partition coefficient (Wildman–Crippen LogP) is 3.62. The van der Waals surface area contributed by atoms with Gasteiger partial charge in [0.25, 0.3) is 5.91 Å². The van der Waals surface area contributed by atoms with Crippen LogP contribution in [0.15, 0.2) is 18.2 Å². The molecule has 1 aliphatic rings. The van der Waals surface area contributed by atoms with Gasteiger partial charge in [0.15, 0.2) is 0 Å². The molecule has 28 heavy (non-hydrogen) atoms. The van der Waals surface area contributed by atoms with Crippen molar-refractivity contribution in [3.05, 3.63) is 35.0 Å². The van der Waals surface area contributed by atoms with Crippen LogP contribution in [-0.2, 0) is 16.1 Å². The second kappa shape index (κ2) is 8.78. The van der Waals surface area contributed by atoms with Gasteiger partial charge in [-0.25, -0.2) is 0 Å². The molecular formula is C22H30N2O4. The van der Waals surface area contributed by atoms with E-state index in [4.69, 9.17) is 9.84 Å². The molecule has 6 heteroatoms. The number of carboxylic acid groups (broad SMARTS) is 1. The number of carbonyl (C=O) groups is 2. The number of methoxy groups -OCH3 is 1. The summed E-state index contributed by atoms with van der Waals surface area (Å²) >= 11 is 0. The van der Waals surface area contributed by atoms with Crippen LogP contribution in [0.3, 0.4) is 0 Å². The number of aromatic nitrogens is 1.